The zero-order chi connectivity index (χ0) is 33.8. The van der Waals surface area contributed by atoms with E-state index in [1.54, 1.807) is 0 Å². The summed E-state index contributed by atoms with van der Waals surface area (Å²) < 4.78 is 4.39. The van der Waals surface area contributed by atoms with Crippen LogP contribution in [0.2, 0.25) is 0 Å². The minimum absolute atomic E-state index is 0.538. The zero-order valence-electron chi connectivity index (χ0n) is 26.7. The molecule has 5 heteroatoms. The molecule has 9 aromatic rings. The molecule has 0 aliphatic heterocycles. The van der Waals surface area contributed by atoms with Crippen LogP contribution in [0.5, 0.6) is 0 Å². The number of hydrogen-bond acceptors (Lipinski definition) is 2. The number of para-hydroxylation sites is 4. The number of nitriles is 2. The van der Waals surface area contributed by atoms with Crippen molar-refractivity contribution in [3.63, 3.8) is 0 Å². The van der Waals surface area contributed by atoms with Gasteiger partial charge < -0.3 is 9.13 Å². The summed E-state index contributed by atoms with van der Waals surface area (Å²) in [5, 5.41) is 24.0. The summed E-state index contributed by atoms with van der Waals surface area (Å²) in [6, 6.07) is 55.6. The molecule has 230 valence electrons. The highest BCUT2D eigenvalue weighted by Gasteiger charge is 2.18. The first-order valence-electron chi connectivity index (χ1n) is 16.3. The van der Waals surface area contributed by atoms with Gasteiger partial charge in [-0.15, -0.1) is 0 Å². The Kier molecular flexibility index (Phi) is 6.56. The van der Waals surface area contributed by atoms with E-state index in [4.69, 9.17) is 6.57 Å². The summed E-state index contributed by atoms with van der Waals surface area (Å²) in [6.07, 6.45) is 0. The van der Waals surface area contributed by atoms with Crippen LogP contribution in [-0.4, -0.2) is 9.13 Å². The molecule has 0 bridgehead atoms. The minimum atomic E-state index is 0.538. The van der Waals surface area contributed by atoms with E-state index in [1.165, 1.54) is 0 Å². The van der Waals surface area contributed by atoms with Gasteiger partial charge in [-0.3, -0.25) is 0 Å². The van der Waals surface area contributed by atoms with Crippen molar-refractivity contribution in [1.29, 1.82) is 10.5 Å². The van der Waals surface area contributed by atoms with Crippen LogP contribution in [0.25, 0.3) is 82.1 Å². The van der Waals surface area contributed by atoms with Crippen molar-refractivity contribution in [3.05, 3.63) is 174 Å². The first-order chi connectivity index (χ1) is 24.7. The smallest absolute Gasteiger partial charge is 0.211 e. The second-order valence-electron chi connectivity index (χ2n) is 12.3. The number of hydrogen-bond donors (Lipinski definition) is 0. The predicted octanol–water partition coefficient (Wildman–Crippen LogP) is 11.5. The van der Waals surface area contributed by atoms with Crippen molar-refractivity contribution in [2.45, 2.75) is 0 Å². The Morgan fingerprint density at radius 2 is 1.14 bits per heavy atom. The molecule has 0 unspecified atom stereocenters. The lowest BCUT2D eigenvalue weighted by atomic mass is 9.96. The monoisotopic (exact) mass is 635 g/mol. The van der Waals surface area contributed by atoms with E-state index in [-0.39, 0.29) is 0 Å². The van der Waals surface area contributed by atoms with Crippen molar-refractivity contribution in [2.75, 3.05) is 0 Å². The number of aromatic nitrogens is 2. The molecule has 0 aliphatic rings. The molecule has 0 radical (unpaired) electrons. The summed E-state index contributed by atoms with van der Waals surface area (Å²) >= 11 is 0. The van der Waals surface area contributed by atoms with Gasteiger partial charge in [0.25, 0.3) is 0 Å². The van der Waals surface area contributed by atoms with Crippen LogP contribution in [0.4, 0.5) is 5.69 Å². The molecule has 7 aromatic carbocycles. The molecule has 2 heterocycles. The van der Waals surface area contributed by atoms with Gasteiger partial charge >= 0.3 is 0 Å². The van der Waals surface area contributed by atoms with E-state index >= 15 is 0 Å². The molecule has 0 aliphatic carbocycles. The van der Waals surface area contributed by atoms with E-state index in [0.29, 0.717) is 16.8 Å². The highest BCUT2D eigenvalue weighted by molar-refractivity contribution is 6.13. The van der Waals surface area contributed by atoms with Gasteiger partial charge in [-0.05, 0) is 82.7 Å². The van der Waals surface area contributed by atoms with E-state index in [9.17, 15) is 10.5 Å². The number of fused-ring (bicyclic) bond motifs is 6. The predicted molar refractivity (Wildman–Crippen MR) is 202 cm³/mol. The maximum atomic E-state index is 10.2. The molecular formula is C45H25N5. The quantitative estimate of drug-likeness (QED) is 0.181. The van der Waals surface area contributed by atoms with Crippen molar-refractivity contribution in [2.24, 2.45) is 0 Å². The fourth-order valence-corrected chi connectivity index (χ4v) is 7.41. The molecule has 50 heavy (non-hydrogen) atoms. The van der Waals surface area contributed by atoms with Crippen LogP contribution in [-0.2, 0) is 0 Å². The van der Waals surface area contributed by atoms with Gasteiger partial charge in [-0.25, -0.2) is 4.85 Å². The minimum Gasteiger partial charge on any atom is -0.319 e. The third-order valence-electron chi connectivity index (χ3n) is 9.55. The number of benzene rings is 7. The van der Waals surface area contributed by atoms with Gasteiger partial charge in [0.05, 0.1) is 57.6 Å². The fourth-order valence-electron chi connectivity index (χ4n) is 7.41. The lowest BCUT2D eigenvalue weighted by Crippen LogP contribution is -1.98. The van der Waals surface area contributed by atoms with Crippen LogP contribution in [0.1, 0.15) is 11.1 Å². The Morgan fingerprint density at radius 1 is 0.480 bits per heavy atom. The molecule has 0 spiro atoms. The third-order valence-corrected chi connectivity index (χ3v) is 9.55. The fraction of sp³-hybridized carbons (Fsp3) is 0. The van der Waals surface area contributed by atoms with Crippen molar-refractivity contribution in [3.8, 4) is 45.8 Å². The summed E-state index contributed by atoms with van der Waals surface area (Å²) in [7, 11) is 0. The van der Waals surface area contributed by atoms with E-state index in [2.05, 4.69) is 111 Å². The number of rotatable bonds is 4. The first kappa shape index (κ1) is 28.8. The average molecular weight is 636 g/mol. The van der Waals surface area contributed by atoms with Crippen molar-refractivity contribution >= 4 is 49.3 Å². The molecule has 9 rings (SSSR count). The molecule has 5 nitrogen and oxygen atoms in total. The van der Waals surface area contributed by atoms with Gasteiger partial charge in [-0.2, -0.15) is 10.5 Å². The summed E-state index contributed by atoms with van der Waals surface area (Å²) in [4.78, 5) is 3.87. The lowest BCUT2D eigenvalue weighted by Gasteiger charge is -2.15. The van der Waals surface area contributed by atoms with Gasteiger partial charge in [0, 0.05) is 27.4 Å². The number of nitrogens with zero attached hydrogens (tertiary/aromatic N) is 5. The summed E-state index contributed by atoms with van der Waals surface area (Å²) in [5.74, 6) is 0. The molecule has 0 saturated carbocycles. The van der Waals surface area contributed by atoms with Crippen molar-refractivity contribution < 1.29 is 0 Å². The lowest BCUT2D eigenvalue weighted by molar-refractivity contribution is 1.18. The van der Waals surface area contributed by atoms with Crippen LogP contribution < -0.4 is 0 Å². The summed E-state index contributed by atoms with van der Waals surface area (Å²) in [6.45, 7) is 7.94. The maximum Gasteiger partial charge on any atom is 0.211 e. The Labute approximate surface area is 288 Å². The van der Waals surface area contributed by atoms with Crippen LogP contribution in [0.3, 0.4) is 0 Å². The zero-order valence-corrected chi connectivity index (χ0v) is 26.7. The molecule has 0 amide bonds. The van der Waals surface area contributed by atoms with E-state index < -0.39 is 0 Å². The Balaban J connectivity index is 1.24. The van der Waals surface area contributed by atoms with Gasteiger partial charge in [0.1, 0.15) is 0 Å². The van der Waals surface area contributed by atoms with E-state index in [0.717, 1.165) is 77.2 Å². The normalized spacial score (nSPS) is 11.1. The second-order valence-corrected chi connectivity index (χ2v) is 12.3. The van der Waals surface area contributed by atoms with E-state index in [1.807, 2.05) is 66.7 Å². The highest BCUT2D eigenvalue weighted by Crippen LogP contribution is 2.40. The molecule has 0 fully saturated rings. The molecule has 2 aromatic heterocycles. The average Bonchev–Trinajstić information content (AvgIpc) is 3.70. The second kappa shape index (κ2) is 11.4. The summed E-state index contributed by atoms with van der Waals surface area (Å²) in [5.41, 5.74) is 11.5. The standard InChI is InChI=1S/C45H25N5/c1-48-40-16-9-15-38-36-13-3-6-18-42(36)49(45(38)40)34-23-30(28-47)22-33(26-34)31-10-8-11-32(25-31)35-12-2-5-17-41(35)50-43-19-7-4-14-37(43)39-24-29(27-46)20-21-44(39)50/h2-26H. The van der Waals surface area contributed by atoms with Crippen LogP contribution >= 0.6 is 0 Å². The Morgan fingerprint density at radius 3 is 1.94 bits per heavy atom. The van der Waals surface area contributed by atoms with Gasteiger partial charge in [0.2, 0.25) is 5.69 Å². The van der Waals surface area contributed by atoms with Crippen molar-refractivity contribution in [1.82, 2.24) is 9.13 Å². The topological polar surface area (TPSA) is 61.8 Å². The SMILES string of the molecule is [C-]#[N+]c1cccc2c3ccccc3n(-c3cc(C#N)cc(-c4cccc(-c5ccccc5-n5c6ccccc6c6cc(C#N)ccc65)c4)c3)c12. The molecule has 0 saturated heterocycles. The molecule has 0 atom stereocenters. The molecule has 0 N–H and O–H groups in total. The van der Waals surface area contributed by atoms with Crippen LogP contribution in [0.15, 0.2) is 152 Å². The Hall–Kier alpha value is -7.39. The van der Waals surface area contributed by atoms with Crippen LogP contribution in [0, 0.1) is 29.2 Å². The Bertz CT molecular complexity index is 2970. The van der Waals surface area contributed by atoms with Gasteiger partial charge in [-0.1, -0.05) is 91.0 Å². The highest BCUT2D eigenvalue weighted by atomic mass is 15.0. The third kappa shape index (κ3) is 4.38. The first-order valence-corrected chi connectivity index (χ1v) is 16.3. The maximum absolute atomic E-state index is 10.2. The molecular weight excluding hydrogens is 611 g/mol. The van der Waals surface area contributed by atoms with Gasteiger partial charge in [0.15, 0.2) is 0 Å². The largest absolute Gasteiger partial charge is 0.319 e.